The Balaban J connectivity index is 1.85. The Morgan fingerprint density at radius 1 is 1.45 bits per heavy atom. The van der Waals surface area contributed by atoms with Crippen molar-refractivity contribution in [3.63, 3.8) is 0 Å². The highest BCUT2D eigenvalue weighted by Crippen LogP contribution is 2.19. The molecular weight excluding hydrogens is 256 g/mol. The Kier molecular flexibility index (Phi) is 5.94. The van der Waals surface area contributed by atoms with Crippen LogP contribution in [0, 0.1) is 0 Å². The minimum absolute atomic E-state index is 0.0487. The standard InChI is InChI=1S/C14H26N4O2/c1-4-15-11(3)6-7-13-16-14(17-20-13)12-10-18(5-2)8-9-19-12/h11-12,15H,4-10H2,1-3H3. The quantitative estimate of drug-likeness (QED) is 0.815. The fraction of sp³-hybridized carbons (Fsp3) is 0.857. The Labute approximate surface area is 120 Å². The first-order chi connectivity index (χ1) is 9.72. The fourth-order valence-corrected chi connectivity index (χ4v) is 2.44. The van der Waals surface area contributed by atoms with Gasteiger partial charge in [-0.1, -0.05) is 19.0 Å². The van der Waals surface area contributed by atoms with Crippen LogP contribution in [0.15, 0.2) is 4.52 Å². The summed E-state index contributed by atoms with van der Waals surface area (Å²) in [5, 5.41) is 7.45. The molecule has 0 spiro atoms. The van der Waals surface area contributed by atoms with Crippen LogP contribution in [0.3, 0.4) is 0 Å². The Bertz CT molecular complexity index is 396. The van der Waals surface area contributed by atoms with Gasteiger partial charge < -0.3 is 14.6 Å². The highest BCUT2D eigenvalue weighted by Gasteiger charge is 2.25. The number of morpholine rings is 1. The van der Waals surface area contributed by atoms with Gasteiger partial charge in [0, 0.05) is 25.6 Å². The molecule has 2 rings (SSSR count). The Hall–Kier alpha value is -0.980. The van der Waals surface area contributed by atoms with Gasteiger partial charge in [0.1, 0.15) is 6.10 Å². The van der Waals surface area contributed by atoms with Crippen molar-refractivity contribution in [3.05, 3.63) is 11.7 Å². The lowest BCUT2D eigenvalue weighted by molar-refractivity contribution is -0.0334. The Morgan fingerprint density at radius 3 is 3.05 bits per heavy atom. The van der Waals surface area contributed by atoms with E-state index < -0.39 is 0 Å². The second-order valence-corrected chi connectivity index (χ2v) is 5.30. The van der Waals surface area contributed by atoms with E-state index in [1.807, 2.05) is 0 Å². The van der Waals surface area contributed by atoms with Gasteiger partial charge in [0.25, 0.3) is 0 Å². The zero-order valence-electron chi connectivity index (χ0n) is 12.8. The van der Waals surface area contributed by atoms with Crippen LogP contribution < -0.4 is 5.32 Å². The predicted octanol–water partition coefficient (Wildman–Crippen LogP) is 1.39. The third-order valence-electron chi connectivity index (χ3n) is 3.71. The molecule has 0 radical (unpaired) electrons. The van der Waals surface area contributed by atoms with Gasteiger partial charge in [0.05, 0.1) is 6.61 Å². The number of aromatic nitrogens is 2. The number of likely N-dealkylation sites (N-methyl/N-ethyl adjacent to an activating group) is 1. The summed E-state index contributed by atoms with van der Waals surface area (Å²) in [7, 11) is 0. The van der Waals surface area contributed by atoms with Crippen LogP contribution in [0.2, 0.25) is 0 Å². The lowest BCUT2D eigenvalue weighted by atomic mass is 10.2. The molecule has 1 aromatic rings. The van der Waals surface area contributed by atoms with Crippen LogP contribution in [-0.4, -0.2) is 53.9 Å². The average molecular weight is 282 g/mol. The third-order valence-corrected chi connectivity index (χ3v) is 3.71. The minimum atomic E-state index is -0.0487. The van der Waals surface area contributed by atoms with Gasteiger partial charge in [-0.25, -0.2) is 0 Å². The molecular formula is C14H26N4O2. The second-order valence-electron chi connectivity index (χ2n) is 5.30. The molecule has 0 bridgehead atoms. The number of ether oxygens (including phenoxy) is 1. The van der Waals surface area contributed by atoms with Gasteiger partial charge in [-0.15, -0.1) is 0 Å². The lowest BCUT2D eigenvalue weighted by Crippen LogP contribution is -2.38. The summed E-state index contributed by atoms with van der Waals surface area (Å²) in [6.45, 7) is 11.0. The van der Waals surface area contributed by atoms with E-state index in [-0.39, 0.29) is 6.10 Å². The molecule has 0 amide bonds. The number of rotatable bonds is 7. The number of nitrogens with one attached hydrogen (secondary N) is 1. The first-order valence-corrected chi connectivity index (χ1v) is 7.62. The van der Waals surface area contributed by atoms with Crippen LogP contribution in [-0.2, 0) is 11.2 Å². The van der Waals surface area contributed by atoms with Crippen molar-refractivity contribution in [2.45, 2.75) is 45.8 Å². The number of hydrogen-bond donors (Lipinski definition) is 1. The van der Waals surface area contributed by atoms with Crippen molar-refractivity contribution in [3.8, 4) is 0 Å². The summed E-state index contributed by atoms with van der Waals surface area (Å²) in [5.41, 5.74) is 0. The van der Waals surface area contributed by atoms with Gasteiger partial charge in [-0.3, -0.25) is 4.90 Å². The van der Waals surface area contributed by atoms with Crippen molar-refractivity contribution in [2.24, 2.45) is 0 Å². The number of hydrogen-bond acceptors (Lipinski definition) is 6. The summed E-state index contributed by atoms with van der Waals surface area (Å²) in [5.74, 6) is 1.40. The highest BCUT2D eigenvalue weighted by molar-refractivity contribution is 4.94. The lowest BCUT2D eigenvalue weighted by Gasteiger charge is -2.30. The molecule has 20 heavy (non-hydrogen) atoms. The van der Waals surface area contributed by atoms with Crippen LogP contribution in [0.4, 0.5) is 0 Å². The number of aryl methyl sites for hydroxylation is 1. The van der Waals surface area contributed by atoms with E-state index >= 15 is 0 Å². The maximum Gasteiger partial charge on any atom is 0.226 e. The topological polar surface area (TPSA) is 63.4 Å². The number of nitrogens with zero attached hydrogens (tertiary/aromatic N) is 3. The molecule has 0 saturated carbocycles. The van der Waals surface area contributed by atoms with Gasteiger partial charge in [0.15, 0.2) is 0 Å². The third kappa shape index (κ3) is 4.26. The molecule has 6 nitrogen and oxygen atoms in total. The predicted molar refractivity (Wildman–Crippen MR) is 76.6 cm³/mol. The summed E-state index contributed by atoms with van der Waals surface area (Å²) < 4.78 is 11.1. The van der Waals surface area contributed by atoms with E-state index in [0.29, 0.717) is 17.8 Å². The smallest absolute Gasteiger partial charge is 0.226 e. The van der Waals surface area contributed by atoms with Gasteiger partial charge in [-0.2, -0.15) is 4.98 Å². The van der Waals surface area contributed by atoms with Crippen molar-refractivity contribution in [2.75, 3.05) is 32.8 Å². The molecule has 1 saturated heterocycles. The minimum Gasteiger partial charge on any atom is -0.367 e. The average Bonchev–Trinajstić information content (AvgIpc) is 2.94. The van der Waals surface area contributed by atoms with Gasteiger partial charge in [0.2, 0.25) is 11.7 Å². The Morgan fingerprint density at radius 2 is 2.30 bits per heavy atom. The summed E-state index contributed by atoms with van der Waals surface area (Å²) in [6, 6.07) is 0.469. The molecule has 1 N–H and O–H groups in total. The fourth-order valence-electron chi connectivity index (χ4n) is 2.44. The SMILES string of the molecule is CCNC(C)CCc1nc(C2CN(CC)CCO2)no1. The molecule has 114 valence electrons. The summed E-state index contributed by atoms with van der Waals surface area (Å²) in [6.07, 6.45) is 1.76. The van der Waals surface area contributed by atoms with Crippen LogP contribution >= 0.6 is 0 Å². The van der Waals surface area contributed by atoms with E-state index in [1.54, 1.807) is 0 Å². The normalized spacial score (nSPS) is 22.1. The van der Waals surface area contributed by atoms with Gasteiger partial charge >= 0.3 is 0 Å². The van der Waals surface area contributed by atoms with E-state index in [1.165, 1.54) is 0 Å². The van der Waals surface area contributed by atoms with E-state index in [2.05, 4.69) is 41.1 Å². The second kappa shape index (κ2) is 7.71. The largest absolute Gasteiger partial charge is 0.367 e. The zero-order valence-corrected chi connectivity index (χ0v) is 12.8. The summed E-state index contributed by atoms with van der Waals surface area (Å²) in [4.78, 5) is 6.82. The zero-order chi connectivity index (χ0) is 14.4. The molecule has 2 unspecified atom stereocenters. The molecule has 6 heteroatoms. The monoisotopic (exact) mass is 282 g/mol. The van der Waals surface area contributed by atoms with Crippen LogP contribution in [0.1, 0.15) is 45.0 Å². The molecule has 1 aliphatic heterocycles. The van der Waals surface area contributed by atoms with Crippen LogP contribution in [0.5, 0.6) is 0 Å². The first-order valence-electron chi connectivity index (χ1n) is 7.62. The molecule has 2 heterocycles. The van der Waals surface area contributed by atoms with Crippen molar-refractivity contribution >= 4 is 0 Å². The maximum absolute atomic E-state index is 5.73. The maximum atomic E-state index is 5.73. The molecule has 1 fully saturated rings. The first kappa shape index (κ1) is 15.4. The van der Waals surface area contributed by atoms with Crippen LogP contribution in [0.25, 0.3) is 0 Å². The molecule has 1 aromatic heterocycles. The van der Waals surface area contributed by atoms with E-state index in [9.17, 15) is 0 Å². The summed E-state index contributed by atoms with van der Waals surface area (Å²) >= 11 is 0. The molecule has 1 aliphatic rings. The molecule has 0 aliphatic carbocycles. The van der Waals surface area contributed by atoms with Crippen molar-refractivity contribution in [1.82, 2.24) is 20.4 Å². The van der Waals surface area contributed by atoms with Crippen molar-refractivity contribution < 1.29 is 9.26 Å². The molecule has 2 atom stereocenters. The van der Waals surface area contributed by atoms with Crippen molar-refractivity contribution in [1.29, 1.82) is 0 Å². The van der Waals surface area contributed by atoms with Gasteiger partial charge in [-0.05, 0) is 26.4 Å². The van der Waals surface area contributed by atoms with E-state index in [4.69, 9.17) is 9.26 Å². The molecule has 0 aromatic carbocycles. The van der Waals surface area contributed by atoms with E-state index in [0.717, 1.165) is 45.6 Å². The highest BCUT2D eigenvalue weighted by atomic mass is 16.5.